The number of benzene rings is 1. The van der Waals surface area contributed by atoms with Crippen LogP contribution in [0.4, 0.5) is 0 Å². The van der Waals surface area contributed by atoms with Crippen LogP contribution in [0.5, 0.6) is 11.5 Å². The molecule has 2 N–H and O–H groups in total. The van der Waals surface area contributed by atoms with Crippen LogP contribution in [0, 0.1) is 0 Å². The van der Waals surface area contributed by atoms with Crippen molar-refractivity contribution in [2.75, 3.05) is 47.0 Å². The van der Waals surface area contributed by atoms with Crippen molar-refractivity contribution in [2.24, 2.45) is 5.73 Å². The zero-order valence-electron chi connectivity index (χ0n) is 12.3. The Hall–Kier alpha value is -1.30. The quantitative estimate of drug-likeness (QED) is 0.839. The topological polar surface area (TPSA) is 57.0 Å². The molecular weight excluding hydrogens is 256 g/mol. The molecule has 1 aromatic rings. The Kier molecular flexibility index (Phi) is 5.64. The highest BCUT2D eigenvalue weighted by Crippen LogP contribution is 2.25. The summed E-state index contributed by atoms with van der Waals surface area (Å²) in [4.78, 5) is 2.25. The number of morpholine rings is 1. The maximum atomic E-state index is 5.93. The van der Waals surface area contributed by atoms with Gasteiger partial charge in [-0.1, -0.05) is 6.07 Å². The van der Waals surface area contributed by atoms with Crippen LogP contribution in [-0.2, 0) is 11.2 Å². The number of methoxy groups -OCH3 is 1. The fourth-order valence-corrected chi connectivity index (χ4v) is 2.31. The van der Waals surface area contributed by atoms with E-state index in [2.05, 4.69) is 11.9 Å². The van der Waals surface area contributed by atoms with E-state index in [1.54, 1.807) is 7.11 Å². The standard InChI is InChI=1S/C15H24N2O3/c1-17-7-8-19-14(10-17)11-20-15-9-13(18-2)4-3-12(15)5-6-16/h3-4,9,14H,5-8,10-11,16H2,1-2H3. The summed E-state index contributed by atoms with van der Waals surface area (Å²) in [5, 5.41) is 0. The molecule has 1 aliphatic rings. The molecule has 0 bridgehead atoms. The molecule has 0 saturated carbocycles. The number of nitrogens with zero attached hydrogens (tertiary/aromatic N) is 1. The van der Waals surface area contributed by atoms with Gasteiger partial charge in [0.2, 0.25) is 0 Å². The summed E-state index contributed by atoms with van der Waals surface area (Å²) >= 11 is 0. The first-order valence-corrected chi connectivity index (χ1v) is 7.03. The van der Waals surface area contributed by atoms with Crippen molar-refractivity contribution >= 4 is 0 Å². The van der Waals surface area contributed by atoms with E-state index >= 15 is 0 Å². The largest absolute Gasteiger partial charge is 0.497 e. The summed E-state index contributed by atoms with van der Waals surface area (Å²) in [6.07, 6.45) is 0.913. The molecule has 0 aliphatic carbocycles. The number of nitrogens with two attached hydrogens (primary N) is 1. The lowest BCUT2D eigenvalue weighted by atomic mass is 10.1. The summed E-state index contributed by atoms with van der Waals surface area (Å²) in [5.41, 5.74) is 6.75. The molecule has 0 amide bonds. The number of rotatable bonds is 6. The van der Waals surface area contributed by atoms with E-state index in [4.69, 9.17) is 19.9 Å². The van der Waals surface area contributed by atoms with Crippen LogP contribution < -0.4 is 15.2 Å². The number of hydrogen-bond acceptors (Lipinski definition) is 5. The Morgan fingerprint density at radius 3 is 3.00 bits per heavy atom. The van der Waals surface area contributed by atoms with E-state index in [1.807, 2.05) is 18.2 Å². The zero-order chi connectivity index (χ0) is 14.4. The fourth-order valence-electron chi connectivity index (χ4n) is 2.31. The molecule has 20 heavy (non-hydrogen) atoms. The highest BCUT2D eigenvalue weighted by atomic mass is 16.5. The Morgan fingerprint density at radius 2 is 2.30 bits per heavy atom. The van der Waals surface area contributed by atoms with Gasteiger partial charge in [-0.05, 0) is 31.6 Å². The molecule has 2 rings (SSSR count). The summed E-state index contributed by atoms with van der Waals surface area (Å²) < 4.78 is 16.9. The first kappa shape index (κ1) is 15.1. The van der Waals surface area contributed by atoms with Gasteiger partial charge in [0.15, 0.2) is 0 Å². The second-order valence-corrected chi connectivity index (χ2v) is 5.08. The SMILES string of the molecule is COc1ccc(CCN)c(OCC2CN(C)CCO2)c1. The van der Waals surface area contributed by atoms with Crippen LogP contribution in [-0.4, -0.2) is 58.0 Å². The minimum absolute atomic E-state index is 0.116. The molecule has 1 fully saturated rings. The van der Waals surface area contributed by atoms with Crippen molar-refractivity contribution in [3.8, 4) is 11.5 Å². The maximum Gasteiger partial charge on any atom is 0.126 e. The van der Waals surface area contributed by atoms with Crippen LogP contribution >= 0.6 is 0 Å². The van der Waals surface area contributed by atoms with Crippen molar-refractivity contribution in [1.29, 1.82) is 0 Å². The smallest absolute Gasteiger partial charge is 0.126 e. The molecule has 1 aromatic carbocycles. The van der Waals surface area contributed by atoms with Gasteiger partial charge in [0.1, 0.15) is 24.2 Å². The Bertz CT molecular complexity index is 426. The first-order valence-electron chi connectivity index (χ1n) is 7.03. The van der Waals surface area contributed by atoms with Crippen molar-refractivity contribution in [3.63, 3.8) is 0 Å². The molecule has 5 heteroatoms. The maximum absolute atomic E-state index is 5.93. The molecule has 1 atom stereocenters. The van der Waals surface area contributed by atoms with Gasteiger partial charge in [-0.25, -0.2) is 0 Å². The van der Waals surface area contributed by atoms with Crippen LogP contribution in [0.1, 0.15) is 5.56 Å². The van der Waals surface area contributed by atoms with Gasteiger partial charge >= 0.3 is 0 Å². The molecule has 0 spiro atoms. The summed E-state index contributed by atoms with van der Waals surface area (Å²) in [6, 6.07) is 5.86. The lowest BCUT2D eigenvalue weighted by molar-refractivity contribution is -0.0404. The predicted octanol–water partition coefficient (Wildman–Crippen LogP) is 0.906. The van der Waals surface area contributed by atoms with Gasteiger partial charge < -0.3 is 24.8 Å². The van der Waals surface area contributed by atoms with E-state index in [9.17, 15) is 0 Å². The van der Waals surface area contributed by atoms with Crippen molar-refractivity contribution < 1.29 is 14.2 Å². The Labute approximate surface area is 120 Å². The first-order chi connectivity index (χ1) is 9.72. The fraction of sp³-hybridized carbons (Fsp3) is 0.600. The van der Waals surface area contributed by atoms with Crippen molar-refractivity contribution in [1.82, 2.24) is 4.90 Å². The van der Waals surface area contributed by atoms with Crippen LogP contribution in [0.15, 0.2) is 18.2 Å². The highest BCUT2D eigenvalue weighted by molar-refractivity contribution is 5.41. The van der Waals surface area contributed by atoms with E-state index in [0.717, 1.165) is 43.2 Å². The molecule has 1 saturated heterocycles. The number of likely N-dealkylation sites (N-methyl/N-ethyl adjacent to an activating group) is 1. The normalized spacial score (nSPS) is 19.9. The minimum atomic E-state index is 0.116. The van der Waals surface area contributed by atoms with Crippen LogP contribution in [0.25, 0.3) is 0 Å². The second-order valence-electron chi connectivity index (χ2n) is 5.08. The zero-order valence-corrected chi connectivity index (χ0v) is 12.3. The minimum Gasteiger partial charge on any atom is -0.497 e. The van der Waals surface area contributed by atoms with Crippen molar-refractivity contribution in [2.45, 2.75) is 12.5 Å². The lowest BCUT2D eigenvalue weighted by Gasteiger charge is -2.30. The predicted molar refractivity (Wildman–Crippen MR) is 78.5 cm³/mol. The molecule has 112 valence electrons. The molecule has 1 unspecified atom stereocenters. The molecular formula is C15H24N2O3. The third kappa shape index (κ3) is 4.10. The monoisotopic (exact) mass is 280 g/mol. The third-order valence-electron chi connectivity index (χ3n) is 3.45. The van der Waals surface area contributed by atoms with Gasteiger partial charge in [0, 0.05) is 19.2 Å². The summed E-state index contributed by atoms with van der Waals surface area (Å²) in [6.45, 7) is 3.79. The van der Waals surface area contributed by atoms with Crippen molar-refractivity contribution in [3.05, 3.63) is 23.8 Å². The molecule has 1 aliphatic heterocycles. The van der Waals surface area contributed by atoms with E-state index in [-0.39, 0.29) is 6.10 Å². The second kappa shape index (κ2) is 7.47. The van der Waals surface area contributed by atoms with E-state index < -0.39 is 0 Å². The van der Waals surface area contributed by atoms with Gasteiger partial charge in [0.05, 0.1) is 13.7 Å². The summed E-state index contributed by atoms with van der Waals surface area (Å²) in [5.74, 6) is 1.63. The van der Waals surface area contributed by atoms with Gasteiger partial charge in [-0.15, -0.1) is 0 Å². The average molecular weight is 280 g/mol. The van der Waals surface area contributed by atoms with Gasteiger partial charge in [-0.3, -0.25) is 0 Å². The van der Waals surface area contributed by atoms with Crippen LogP contribution in [0.2, 0.25) is 0 Å². The Balaban J connectivity index is 1.99. The Morgan fingerprint density at radius 1 is 1.45 bits per heavy atom. The molecule has 0 aromatic heterocycles. The van der Waals surface area contributed by atoms with Crippen LogP contribution in [0.3, 0.4) is 0 Å². The number of ether oxygens (including phenoxy) is 3. The van der Waals surface area contributed by atoms with Gasteiger partial charge in [0.25, 0.3) is 0 Å². The van der Waals surface area contributed by atoms with Gasteiger partial charge in [-0.2, -0.15) is 0 Å². The molecule has 5 nitrogen and oxygen atoms in total. The van der Waals surface area contributed by atoms with E-state index in [0.29, 0.717) is 13.2 Å². The molecule has 0 radical (unpaired) electrons. The molecule has 1 heterocycles. The lowest BCUT2D eigenvalue weighted by Crippen LogP contribution is -2.42. The number of hydrogen-bond donors (Lipinski definition) is 1. The highest BCUT2D eigenvalue weighted by Gasteiger charge is 2.18. The third-order valence-corrected chi connectivity index (χ3v) is 3.45. The average Bonchev–Trinajstić information content (AvgIpc) is 2.46. The summed E-state index contributed by atoms with van der Waals surface area (Å²) in [7, 11) is 3.75. The van der Waals surface area contributed by atoms with E-state index in [1.165, 1.54) is 0 Å².